The molecule has 27 heavy (non-hydrogen) atoms. The van der Waals surface area contributed by atoms with E-state index in [0.29, 0.717) is 18.0 Å². The summed E-state index contributed by atoms with van der Waals surface area (Å²) in [5.74, 6) is 1.56. The summed E-state index contributed by atoms with van der Waals surface area (Å²) in [6.45, 7) is 4.39. The van der Waals surface area contributed by atoms with Crippen molar-refractivity contribution in [3.8, 4) is 16.9 Å². The highest BCUT2D eigenvalue weighted by Crippen LogP contribution is 2.41. The second kappa shape index (κ2) is 9.07. The monoisotopic (exact) mass is 387 g/mol. The first-order valence-corrected chi connectivity index (χ1v) is 9.68. The molecule has 0 spiro atoms. The Bertz CT molecular complexity index is 737. The van der Waals surface area contributed by atoms with Crippen molar-refractivity contribution in [1.82, 2.24) is 10.2 Å². The van der Waals surface area contributed by atoms with Crippen molar-refractivity contribution in [3.05, 3.63) is 54.1 Å². The van der Waals surface area contributed by atoms with Crippen LogP contribution >= 0.6 is 12.4 Å². The normalized spacial score (nSPS) is 24.4. The molecule has 1 heterocycles. The maximum absolute atomic E-state index is 5.97. The van der Waals surface area contributed by atoms with Crippen LogP contribution in [0.2, 0.25) is 0 Å². The average Bonchev–Trinajstić information content (AvgIpc) is 3.34. The molecule has 0 aromatic heterocycles. The van der Waals surface area contributed by atoms with Crippen LogP contribution in [0.25, 0.3) is 11.1 Å². The van der Waals surface area contributed by atoms with Gasteiger partial charge in [-0.05, 0) is 48.2 Å². The largest absolute Gasteiger partial charge is 0.497 e. The molecular formula is C22H30ClN3O. The van der Waals surface area contributed by atoms with Crippen molar-refractivity contribution < 1.29 is 4.74 Å². The van der Waals surface area contributed by atoms with Gasteiger partial charge >= 0.3 is 0 Å². The van der Waals surface area contributed by atoms with Crippen LogP contribution in [0.3, 0.4) is 0 Å². The Kier molecular flexibility index (Phi) is 6.77. The second-order valence-electron chi connectivity index (χ2n) is 7.61. The van der Waals surface area contributed by atoms with Gasteiger partial charge in [0.1, 0.15) is 5.75 Å². The lowest BCUT2D eigenvalue weighted by Crippen LogP contribution is -2.33. The van der Waals surface area contributed by atoms with Crippen molar-refractivity contribution in [3.63, 3.8) is 0 Å². The standard InChI is InChI=1S/C22H29N3O.ClH/c1-26-20-4-2-3-18(13-20)16-5-7-17(8-6-16)21-14-22(21)24-10-12-25-11-9-19(23)15-25;/h2-8,13,19,21-22,24H,9-12,14-15,23H2,1H3;1H/t19-,21?,22?;/m1./s1. The lowest BCUT2D eigenvalue weighted by atomic mass is 10.0. The van der Waals surface area contributed by atoms with Crippen LogP contribution in [0.4, 0.5) is 0 Å². The zero-order valence-corrected chi connectivity index (χ0v) is 16.8. The van der Waals surface area contributed by atoms with Crippen LogP contribution in [0.15, 0.2) is 48.5 Å². The first kappa shape index (κ1) is 20.2. The van der Waals surface area contributed by atoms with E-state index in [1.807, 2.05) is 12.1 Å². The van der Waals surface area contributed by atoms with Crippen molar-refractivity contribution in [1.29, 1.82) is 0 Å². The Balaban J connectivity index is 0.00000210. The molecule has 1 aliphatic heterocycles. The summed E-state index contributed by atoms with van der Waals surface area (Å²) in [6.07, 6.45) is 2.39. The molecule has 1 aliphatic carbocycles. The number of hydrogen-bond acceptors (Lipinski definition) is 4. The maximum atomic E-state index is 5.97. The van der Waals surface area contributed by atoms with Gasteiger partial charge in [-0.25, -0.2) is 0 Å². The van der Waals surface area contributed by atoms with E-state index in [1.54, 1.807) is 7.11 Å². The molecule has 2 aliphatic rings. The quantitative estimate of drug-likeness (QED) is 0.765. The summed E-state index contributed by atoms with van der Waals surface area (Å²) in [5.41, 5.74) is 9.85. The minimum atomic E-state index is 0. The molecule has 146 valence electrons. The minimum absolute atomic E-state index is 0. The van der Waals surface area contributed by atoms with Crippen LogP contribution < -0.4 is 15.8 Å². The van der Waals surface area contributed by atoms with Crippen molar-refractivity contribution >= 4 is 12.4 Å². The Morgan fingerprint density at radius 1 is 1.15 bits per heavy atom. The van der Waals surface area contributed by atoms with Crippen molar-refractivity contribution in [2.75, 3.05) is 33.3 Å². The predicted molar refractivity (Wildman–Crippen MR) is 114 cm³/mol. The molecule has 1 saturated carbocycles. The number of ether oxygens (including phenoxy) is 1. The second-order valence-corrected chi connectivity index (χ2v) is 7.61. The van der Waals surface area contributed by atoms with E-state index in [1.165, 1.54) is 23.1 Å². The number of likely N-dealkylation sites (tertiary alicyclic amines) is 1. The third kappa shape index (κ3) is 5.02. The van der Waals surface area contributed by atoms with Gasteiger partial charge in [-0.3, -0.25) is 0 Å². The molecule has 2 unspecified atom stereocenters. The van der Waals surface area contributed by atoms with E-state index in [2.05, 4.69) is 46.6 Å². The Labute approximate surface area is 168 Å². The van der Waals surface area contributed by atoms with Crippen molar-refractivity contribution in [2.45, 2.75) is 30.8 Å². The van der Waals surface area contributed by atoms with Gasteiger partial charge in [0.2, 0.25) is 0 Å². The average molecular weight is 388 g/mol. The summed E-state index contributed by atoms with van der Waals surface area (Å²) in [5, 5.41) is 3.71. The van der Waals surface area contributed by atoms with Gasteiger partial charge in [-0.2, -0.15) is 0 Å². The minimum Gasteiger partial charge on any atom is -0.497 e. The van der Waals surface area contributed by atoms with E-state index < -0.39 is 0 Å². The first-order valence-electron chi connectivity index (χ1n) is 9.68. The third-order valence-electron chi connectivity index (χ3n) is 5.68. The van der Waals surface area contributed by atoms with Crippen LogP contribution in [0, 0.1) is 0 Å². The van der Waals surface area contributed by atoms with Crippen molar-refractivity contribution in [2.24, 2.45) is 5.73 Å². The molecular weight excluding hydrogens is 358 g/mol. The smallest absolute Gasteiger partial charge is 0.119 e. The first-order chi connectivity index (χ1) is 12.7. The molecule has 5 heteroatoms. The molecule has 0 amide bonds. The van der Waals surface area contributed by atoms with E-state index in [0.717, 1.165) is 38.3 Å². The number of rotatable bonds is 7. The van der Waals surface area contributed by atoms with Gasteiger partial charge in [-0.15, -0.1) is 12.4 Å². The predicted octanol–water partition coefficient (Wildman–Crippen LogP) is 3.26. The van der Waals surface area contributed by atoms with Gasteiger partial charge in [0.05, 0.1) is 7.11 Å². The number of nitrogens with zero attached hydrogens (tertiary/aromatic N) is 1. The van der Waals surface area contributed by atoms with E-state index in [4.69, 9.17) is 10.5 Å². The molecule has 3 N–H and O–H groups in total. The highest BCUT2D eigenvalue weighted by molar-refractivity contribution is 5.85. The summed E-state index contributed by atoms with van der Waals surface area (Å²) in [7, 11) is 1.71. The maximum Gasteiger partial charge on any atom is 0.119 e. The van der Waals surface area contributed by atoms with Crippen LogP contribution in [-0.4, -0.2) is 50.3 Å². The van der Waals surface area contributed by atoms with E-state index in [-0.39, 0.29) is 12.4 Å². The summed E-state index contributed by atoms with van der Waals surface area (Å²) < 4.78 is 5.32. The zero-order valence-electron chi connectivity index (χ0n) is 15.9. The van der Waals surface area contributed by atoms with Gasteiger partial charge in [0, 0.05) is 37.6 Å². The highest BCUT2D eigenvalue weighted by atomic mass is 35.5. The summed E-state index contributed by atoms with van der Waals surface area (Å²) in [6, 6.07) is 18.3. The number of methoxy groups -OCH3 is 1. The number of nitrogens with two attached hydrogens (primary N) is 1. The van der Waals surface area contributed by atoms with E-state index in [9.17, 15) is 0 Å². The number of benzene rings is 2. The zero-order chi connectivity index (χ0) is 17.9. The number of hydrogen-bond donors (Lipinski definition) is 2. The fourth-order valence-corrected chi connectivity index (χ4v) is 3.99. The molecule has 4 nitrogen and oxygen atoms in total. The lowest BCUT2D eigenvalue weighted by Gasteiger charge is -2.15. The van der Waals surface area contributed by atoms with Gasteiger partial charge in [0.25, 0.3) is 0 Å². The Morgan fingerprint density at radius 2 is 1.96 bits per heavy atom. The summed E-state index contributed by atoms with van der Waals surface area (Å²) >= 11 is 0. The third-order valence-corrected chi connectivity index (χ3v) is 5.68. The Hall–Kier alpha value is -1.59. The lowest BCUT2D eigenvalue weighted by molar-refractivity contribution is 0.331. The molecule has 4 rings (SSSR count). The fraction of sp³-hybridized carbons (Fsp3) is 0.455. The highest BCUT2D eigenvalue weighted by Gasteiger charge is 2.37. The summed E-state index contributed by atoms with van der Waals surface area (Å²) in [4.78, 5) is 2.47. The van der Waals surface area contributed by atoms with Gasteiger partial charge in [0.15, 0.2) is 0 Å². The molecule has 2 aromatic rings. The van der Waals surface area contributed by atoms with Gasteiger partial charge in [-0.1, -0.05) is 36.4 Å². The van der Waals surface area contributed by atoms with Crippen LogP contribution in [0.5, 0.6) is 5.75 Å². The van der Waals surface area contributed by atoms with Gasteiger partial charge < -0.3 is 20.7 Å². The molecule has 0 bridgehead atoms. The topological polar surface area (TPSA) is 50.5 Å². The Morgan fingerprint density at radius 3 is 2.67 bits per heavy atom. The molecule has 2 aromatic carbocycles. The fourth-order valence-electron chi connectivity index (χ4n) is 3.99. The number of nitrogens with one attached hydrogen (secondary N) is 1. The van der Waals surface area contributed by atoms with Crippen LogP contribution in [-0.2, 0) is 0 Å². The SMILES string of the molecule is COc1cccc(-c2ccc(C3CC3NCCN3CC[C@@H](N)C3)cc2)c1.Cl. The molecule has 1 saturated heterocycles. The molecule has 2 fully saturated rings. The van der Waals surface area contributed by atoms with Crippen LogP contribution in [0.1, 0.15) is 24.3 Å². The molecule has 0 radical (unpaired) electrons. The number of halogens is 1. The van der Waals surface area contributed by atoms with E-state index >= 15 is 0 Å². The molecule has 3 atom stereocenters.